The summed E-state index contributed by atoms with van der Waals surface area (Å²) < 4.78 is 11.6. The van der Waals surface area contributed by atoms with E-state index in [4.69, 9.17) is 9.26 Å². The normalized spacial score (nSPS) is 24.3. The highest BCUT2D eigenvalue weighted by molar-refractivity contribution is 5.78. The smallest absolute Gasteiger partial charge is 0.236 e. The summed E-state index contributed by atoms with van der Waals surface area (Å²) in [5, 5.41) is 4.07. The zero-order chi connectivity index (χ0) is 19.6. The Balaban J connectivity index is 1.63. The molecule has 7 nitrogen and oxygen atoms in total. The maximum absolute atomic E-state index is 12.8. The van der Waals surface area contributed by atoms with Gasteiger partial charge in [-0.1, -0.05) is 5.16 Å². The van der Waals surface area contributed by atoms with E-state index in [9.17, 15) is 4.79 Å². The third kappa shape index (κ3) is 4.70. The van der Waals surface area contributed by atoms with Crippen LogP contribution in [0.25, 0.3) is 0 Å². The van der Waals surface area contributed by atoms with Gasteiger partial charge in [0, 0.05) is 31.2 Å². The summed E-state index contributed by atoms with van der Waals surface area (Å²) in [4.78, 5) is 19.3. The Morgan fingerprint density at radius 2 is 2.07 bits per heavy atom. The topological polar surface area (TPSA) is 62.1 Å². The summed E-state index contributed by atoms with van der Waals surface area (Å²) in [7, 11) is 2.00. The molecule has 2 saturated heterocycles. The van der Waals surface area contributed by atoms with E-state index in [0.717, 1.165) is 43.9 Å². The van der Waals surface area contributed by atoms with Gasteiger partial charge >= 0.3 is 0 Å². The summed E-state index contributed by atoms with van der Waals surface area (Å²) in [5.74, 6) is 1.10. The lowest BCUT2D eigenvalue weighted by molar-refractivity contribution is -0.162. The molecule has 2 aliphatic heterocycles. The number of aryl methyl sites for hydroxylation is 2. The van der Waals surface area contributed by atoms with Crippen molar-refractivity contribution in [2.24, 2.45) is 0 Å². The molecular formula is C20H34N4O3. The molecule has 1 spiro atoms. The van der Waals surface area contributed by atoms with E-state index in [2.05, 4.69) is 28.8 Å². The SMILES string of the molecule is Cc1noc(C)c1CN1CCCC2(C1)CN(C(=O)CN(C)C(C)C)CCO2. The Bertz CT molecular complexity index is 636. The molecule has 0 radical (unpaired) electrons. The van der Waals surface area contributed by atoms with Crippen molar-refractivity contribution in [2.45, 2.75) is 58.7 Å². The zero-order valence-electron chi connectivity index (χ0n) is 17.5. The van der Waals surface area contributed by atoms with Crippen molar-refractivity contribution in [1.29, 1.82) is 0 Å². The number of nitrogens with zero attached hydrogens (tertiary/aromatic N) is 4. The van der Waals surface area contributed by atoms with Crippen LogP contribution in [0.5, 0.6) is 0 Å². The second-order valence-corrected chi connectivity index (χ2v) is 8.47. The van der Waals surface area contributed by atoms with Crippen LogP contribution in [0.2, 0.25) is 0 Å². The first-order chi connectivity index (χ1) is 12.8. The van der Waals surface area contributed by atoms with Crippen molar-refractivity contribution in [2.75, 3.05) is 46.4 Å². The molecule has 0 bridgehead atoms. The van der Waals surface area contributed by atoms with Gasteiger partial charge in [-0.2, -0.15) is 0 Å². The van der Waals surface area contributed by atoms with Crippen LogP contribution in [0.15, 0.2) is 4.52 Å². The first-order valence-corrected chi connectivity index (χ1v) is 10.1. The first-order valence-electron chi connectivity index (χ1n) is 10.1. The van der Waals surface area contributed by atoms with Crippen molar-refractivity contribution in [3.63, 3.8) is 0 Å². The number of amides is 1. The molecule has 7 heteroatoms. The fourth-order valence-corrected chi connectivity index (χ4v) is 4.08. The van der Waals surface area contributed by atoms with E-state index in [1.165, 1.54) is 5.56 Å². The maximum atomic E-state index is 12.8. The van der Waals surface area contributed by atoms with Gasteiger partial charge in [0.1, 0.15) is 5.76 Å². The van der Waals surface area contributed by atoms with Gasteiger partial charge in [0.15, 0.2) is 0 Å². The molecule has 1 aromatic heterocycles. The molecular weight excluding hydrogens is 344 g/mol. The predicted octanol–water partition coefficient (Wildman–Crippen LogP) is 1.83. The summed E-state index contributed by atoms with van der Waals surface area (Å²) >= 11 is 0. The number of hydrogen-bond donors (Lipinski definition) is 0. The van der Waals surface area contributed by atoms with E-state index in [1.807, 2.05) is 25.8 Å². The molecule has 1 amide bonds. The largest absolute Gasteiger partial charge is 0.370 e. The third-order valence-corrected chi connectivity index (χ3v) is 6.05. The Hall–Kier alpha value is -1.44. The zero-order valence-corrected chi connectivity index (χ0v) is 17.5. The van der Waals surface area contributed by atoms with Gasteiger partial charge in [-0.3, -0.25) is 14.6 Å². The highest BCUT2D eigenvalue weighted by Gasteiger charge is 2.42. The molecule has 1 aromatic rings. The number of hydrogen-bond acceptors (Lipinski definition) is 6. The van der Waals surface area contributed by atoms with Crippen molar-refractivity contribution < 1.29 is 14.1 Å². The number of aromatic nitrogens is 1. The highest BCUT2D eigenvalue weighted by Crippen LogP contribution is 2.30. The standard InChI is InChI=1S/C20H34N4O3/c1-15(2)22(5)12-19(25)24-9-10-26-20(14-24)7-6-8-23(13-20)11-18-16(3)21-27-17(18)4/h15H,6-14H2,1-5H3. The average Bonchev–Trinajstić information content (AvgIpc) is 2.93. The van der Waals surface area contributed by atoms with Gasteiger partial charge < -0.3 is 14.2 Å². The minimum atomic E-state index is -0.248. The summed E-state index contributed by atoms with van der Waals surface area (Å²) in [5.41, 5.74) is 1.89. The monoisotopic (exact) mass is 378 g/mol. The quantitative estimate of drug-likeness (QED) is 0.779. The highest BCUT2D eigenvalue weighted by atomic mass is 16.5. The molecule has 0 N–H and O–H groups in total. The van der Waals surface area contributed by atoms with Gasteiger partial charge in [-0.25, -0.2) is 0 Å². The minimum absolute atomic E-state index is 0.205. The molecule has 27 heavy (non-hydrogen) atoms. The lowest BCUT2D eigenvalue weighted by atomic mass is 9.90. The fourth-order valence-electron chi connectivity index (χ4n) is 4.08. The van der Waals surface area contributed by atoms with Crippen LogP contribution in [-0.2, 0) is 16.1 Å². The molecule has 0 aliphatic carbocycles. The van der Waals surface area contributed by atoms with Crippen molar-refractivity contribution >= 4 is 5.91 Å². The number of carbonyl (C=O) groups is 1. The van der Waals surface area contributed by atoms with E-state index in [0.29, 0.717) is 32.3 Å². The number of morpholine rings is 1. The number of likely N-dealkylation sites (tertiary alicyclic amines) is 1. The van der Waals surface area contributed by atoms with Crippen molar-refractivity contribution in [1.82, 2.24) is 19.9 Å². The minimum Gasteiger partial charge on any atom is -0.370 e. The van der Waals surface area contributed by atoms with Crippen LogP contribution < -0.4 is 0 Å². The van der Waals surface area contributed by atoms with Crippen molar-refractivity contribution in [3.05, 3.63) is 17.0 Å². The molecule has 3 heterocycles. The van der Waals surface area contributed by atoms with Gasteiger partial charge in [0.2, 0.25) is 5.91 Å². The van der Waals surface area contributed by atoms with Crippen molar-refractivity contribution in [3.8, 4) is 0 Å². The van der Waals surface area contributed by atoms with Gasteiger partial charge in [0.05, 0.1) is 31.0 Å². The number of carbonyl (C=O) groups excluding carboxylic acids is 1. The lowest BCUT2D eigenvalue weighted by Crippen LogP contribution is -2.61. The predicted molar refractivity (Wildman–Crippen MR) is 104 cm³/mol. The van der Waals surface area contributed by atoms with E-state index >= 15 is 0 Å². The number of ether oxygens (including phenoxy) is 1. The average molecular weight is 379 g/mol. The lowest BCUT2D eigenvalue weighted by Gasteiger charge is -2.48. The van der Waals surface area contributed by atoms with E-state index in [-0.39, 0.29) is 11.5 Å². The fraction of sp³-hybridized carbons (Fsp3) is 0.800. The van der Waals surface area contributed by atoms with Gasteiger partial charge in [-0.05, 0) is 54.1 Å². The van der Waals surface area contributed by atoms with E-state index < -0.39 is 0 Å². The molecule has 152 valence electrons. The van der Waals surface area contributed by atoms with E-state index in [1.54, 1.807) is 0 Å². The summed E-state index contributed by atoms with van der Waals surface area (Å²) in [6.45, 7) is 13.4. The second kappa shape index (κ2) is 8.29. The number of rotatable bonds is 5. The molecule has 1 unspecified atom stereocenters. The molecule has 3 rings (SSSR count). The molecule has 0 aromatic carbocycles. The second-order valence-electron chi connectivity index (χ2n) is 8.47. The van der Waals surface area contributed by atoms with Crippen LogP contribution >= 0.6 is 0 Å². The Kier molecular flexibility index (Phi) is 6.23. The van der Waals surface area contributed by atoms with Crippen LogP contribution in [0.1, 0.15) is 43.7 Å². The first kappa shape index (κ1) is 20.3. The summed E-state index contributed by atoms with van der Waals surface area (Å²) in [6, 6.07) is 0.365. The summed E-state index contributed by atoms with van der Waals surface area (Å²) in [6.07, 6.45) is 2.09. The van der Waals surface area contributed by atoms with Crippen LogP contribution in [0.3, 0.4) is 0 Å². The molecule has 1 atom stereocenters. The van der Waals surface area contributed by atoms with Crippen LogP contribution in [0, 0.1) is 13.8 Å². The van der Waals surface area contributed by atoms with Gasteiger partial charge in [-0.15, -0.1) is 0 Å². The van der Waals surface area contributed by atoms with Crippen LogP contribution in [-0.4, -0.2) is 83.8 Å². The number of piperidine rings is 1. The van der Waals surface area contributed by atoms with Crippen LogP contribution in [0.4, 0.5) is 0 Å². The third-order valence-electron chi connectivity index (χ3n) is 6.05. The number of likely N-dealkylation sites (N-methyl/N-ethyl adjacent to an activating group) is 1. The van der Waals surface area contributed by atoms with Gasteiger partial charge in [0.25, 0.3) is 0 Å². The molecule has 2 aliphatic rings. The Morgan fingerprint density at radius 3 is 2.74 bits per heavy atom. The molecule has 2 fully saturated rings. The Labute approximate surface area is 162 Å². The maximum Gasteiger partial charge on any atom is 0.236 e. The molecule has 0 saturated carbocycles. The Morgan fingerprint density at radius 1 is 1.30 bits per heavy atom.